The van der Waals surface area contributed by atoms with Crippen molar-refractivity contribution in [1.82, 2.24) is 30.3 Å². The first-order valence-electron chi connectivity index (χ1n) is 7.10. The van der Waals surface area contributed by atoms with Crippen molar-refractivity contribution in [3.05, 3.63) is 47.6 Å². The fourth-order valence-corrected chi connectivity index (χ4v) is 2.78. The van der Waals surface area contributed by atoms with Crippen LogP contribution in [-0.4, -0.2) is 37.5 Å². The van der Waals surface area contributed by atoms with E-state index in [1.807, 2.05) is 41.8 Å². The molecule has 120 valence electrons. The number of tetrazole rings is 1. The maximum atomic E-state index is 5.25. The highest BCUT2D eigenvalue weighted by Crippen LogP contribution is 2.23. The van der Waals surface area contributed by atoms with Crippen molar-refractivity contribution in [3.63, 3.8) is 0 Å². The van der Waals surface area contributed by atoms with Gasteiger partial charge in [0.15, 0.2) is 5.82 Å². The highest BCUT2D eigenvalue weighted by atomic mass is 32.1. The van der Waals surface area contributed by atoms with E-state index >= 15 is 0 Å². The molecule has 0 aliphatic carbocycles. The van der Waals surface area contributed by atoms with Crippen LogP contribution in [0.15, 0.2) is 46.3 Å². The Morgan fingerprint density at radius 2 is 2.21 bits per heavy atom. The molecule has 9 heteroatoms. The fraction of sp³-hybridized carbons (Fsp3) is 0.133. The summed E-state index contributed by atoms with van der Waals surface area (Å²) in [6.07, 6.45) is 0. The Kier molecular flexibility index (Phi) is 3.75. The molecular weight excluding hydrogens is 328 g/mol. The maximum absolute atomic E-state index is 5.25. The van der Waals surface area contributed by atoms with Crippen LogP contribution in [0.3, 0.4) is 0 Å². The van der Waals surface area contributed by atoms with Crippen LogP contribution in [0.5, 0.6) is 5.75 Å². The van der Waals surface area contributed by atoms with Crippen LogP contribution in [0.2, 0.25) is 0 Å². The van der Waals surface area contributed by atoms with Crippen LogP contribution in [0.1, 0.15) is 5.82 Å². The fourth-order valence-electron chi connectivity index (χ4n) is 2.13. The average molecular weight is 340 g/mol. The topological polar surface area (TPSA) is 91.8 Å². The number of nitrogens with zero attached hydrogens (tertiary/aromatic N) is 6. The van der Waals surface area contributed by atoms with Gasteiger partial charge in [0.25, 0.3) is 5.89 Å². The molecule has 0 amide bonds. The molecule has 0 spiro atoms. The summed E-state index contributed by atoms with van der Waals surface area (Å²) < 4.78 is 10.4. The van der Waals surface area contributed by atoms with Crippen LogP contribution >= 0.6 is 11.3 Å². The van der Waals surface area contributed by atoms with Gasteiger partial charge in [0.1, 0.15) is 12.3 Å². The first-order chi connectivity index (χ1) is 11.8. The van der Waals surface area contributed by atoms with Gasteiger partial charge in [0.05, 0.1) is 12.0 Å². The first-order valence-corrected chi connectivity index (χ1v) is 7.98. The molecule has 0 saturated carbocycles. The Bertz CT molecular complexity index is 946. The number of ether oxygens (including phenoxy) is 1. The monoisotopic (exact) mass is 340 g/mol. The second-order valence-electron chi connectivity index (χ2n) is 4.87. The van der Waals surface area contributed by atoms with E-state index in [1.54, 1.807) is 18.4 Å². The lowest BCUT2D eigenvalue weighted by molar-refractivity contribution is 0.415. The third kappa shape index (κ3) is 2.88. The number of rotatable bonds is 5. The third-order valence-electron chi connectivity index (χ3n) is 3.26. The summed E-state index contributed by atoms with van der Waals surface area (Å²) in [6, 6.07) is 11.3. The number of methoxy groups -OCH3 is 1. The molecule has 4 rings (SSSR count). The Hall–Kier alpha value is -3.07. The second kappa shape index (κ2) is 6.20. The summed E-state index contributed by atoms with van der Waals surface area (Å²) in [7, 11) is 1.62. The quantitative estimate of drug-likeness (QED) is 0.551. The van der Waals surface area contributed by atoms with E-state index in [0.29, 0.717) is 17.5 Å². The summed E-state index contributed by atoms with van der Waals surface area (Å²) in [5.74, 6) is 2.24. The van der Waals surface area contributed by atoms with Gasteiger partial charge in [-0.15, -0.1) is 21.5 Å². The molecule has 0 aliphatic rings. The minimum Gasteiger partial charge on any atom is -0.497 e. The predicted octanol–water partition coefficient (Wildman–Crippen LogP) is 2.51. The molecule has 0 N–H and O–H groups in total. The number of thiophene rings is 1. The van der Waals surface area contributed by atoms with E-state index in [1.165, 1.54) is 4.80 Å². The van der Waals surface area contributed by atoms with Crippen molar-refractivity contribution in [1.29, 1.82) is 0 Å². The van der Waals surface area contributed by atoms with Gasteiger partial charge in [0.2, 0.25) is 5.82 Å². The van der Waals surface area contributed by atoms with Crippen LogP contribution in [-0.2, 0) is 6.54 Å². The third-order valence-corrected chi connectivity index (χ3v) is 4.12. The lowest BCUT2D eigenvalue weighted by Crippen LogP contribution is -2.05. The van der Waals surface area contributed by atoms with Gasteiger partial charge in [-0.2, -0.15) is 9.78 Å². The molecule has 4 aromatic rings. The number of benzene rings is 1. The number of aromatic nitrogens is 6. The Morgan fingerprint density at radius 1 is 1.25 bits per heavy atom. The van der Waals surface area contributed by atoms with E-state index in [-0.39, 0.29) is 6.54 Å². The van der Waals surface area contributed by atoms with Gasteiger partial charge in [0, 0.05) is 5.56 Å². The molecule has 0 atom stereocenters. The summed E-state index contributed by atoms with van der Waals surface area (Å²) in [5, 5.41) is 18.3. The van der Waals surface area contributed by atoms with E-state index in [9.17, 15) is 0 Å². The van der Waals surface area contributed by atoms with E-state index in [4.69, 9.17) is 9.26 Å². The van der Waals surface area contributed by atoms with Gasteiger partial charge in [-0.3, -0.25) is 0 Å². The summed E-state index contributed by atoms with van der Waals surface area (Å²) in [6.45, 7) is 0.284. The average Bonchev–Trinajstić information content (AvgIpc) is 3.36. The molecule has 0 radical (unpaired) electrons. The second-order valence-corrected chi connectivity index (χ2v) is 5.82. The predicted molar refractivity (Wildman–Crippen MR) is 86.5 cm³/mol. The lowest BCUT2D eigenvalue weighted by Gasteiger charge is -2.00. The molecule has 0 fully saturated rings. The van der Waals surface area contributed by atoms with Crippen molar-refractivity contribution in [2.45, 2.75) is 6.54 Å². The smallest absolute Gasteiger partial charge is 0.268 e. The first kappa shape index (κ1) is 14.5. The van der Waals surface area contributed by atoms with Crippen LogP contribution in [0.4, 0.5) is 0 Å². The summed E-state index contributed by atoms with van der Waals surface area (Å²) in [5.41, 5.74) is 0.827. The molecule has 3 aromatic heterocycles. The maximum Gasteiger partial charge on any atom is 0.268 e. The van der Waals surface area contributed by atoms with Crippen molar-refractivity contribution in [3.8, 4) is 27.9 Å². The van der Waals surface area contributed by atoms with Crippen molar-refractivity contribution in [2.24, 2.45) is 0 Å². The molecule has 0 saturated heterocycles. The zero-order valence-corrected chi connectivity index (χ0v) is 13.5. The number of hydrogen-bond donors (Lipinski definition) is 0. The standard InChI is InChI=1S/C15H12N6O2S/c1-22-11-5-2-4-10(8-11)14-17-20-21(18-14)9-13-16-15(23-19-13)12-6-3-7-24-12/h2-8H,9H2,1H3. The lowest BCUT2D eigenvalue weighted by atomic mass is 10.2. The van der Waals surface area contributed by atoms with Gasteiger partial charge in [-0.05, 0) is 28.8 Å². The molecule has 24 heavy (non-hydrogen) atoms. The number of hydrogen-bond acceptors (Lipinski definition) is 8. The van der Waals surface area contributed by atoms with Crippen molar-refractivity contribution >= 4 is 11.3 Å². The largest absolute Gasteiger partial charge is 0.497 e. The summed E-state index contributed by atoms with van der Waals surface area (Å²) in [4.78, 5) is 6.70. The Balaban J connectivity index is 1.53. The summed E-state index contributed by atoms with van der Waals surface area (Å²) >= 11 is 1.54. The van der Waals surface area contributed by atoms with Crippen molar-refractivity contribution < 1.29 is 9.26 Å². The molecule has 0 aliphatic heterocycles. The van der Waals surface area contributed by atoms with E-state index in [2.05, 4.69) is 25.6 Å². The molecule has 1 aromatic carbocycles. The zero-order chi connectivity index (χ0) is 16.4. The highest BCUT2D eigenvalue weighted by Gasteiger charge is 2.12. The molecule has 8 nitrogen and oxygen atoms in total. The SMILES string of the molecule is COc1cccc(-c2nnn(Cc3noc(-c4cccs4)n3)n2)c1. The molecule has 0 unspecified atom stereocenters. The molecule has 3 heterocycles. The van der Waals surface area contributed by atoms with Crippen LogP contribution < -0.4 is 4.74 Å². The van der Waals surface area contributed by atoms with Crippen LogP contribution in [0, 0.1) is 0 Å². The van der Waals surface area contributed by atoms with Gasteiger partial charge in [-0.25, -0.2) is 0 Å². The van der Waals surface area contributed by atoms with Crippen LogP contribution in [0.25, 0.3) is 22.2 Å². The molecular formula is C15H12N6O2S. The van der Waals surface area contributed by atoms with Gasteiger partial charge < -0.3 is 9.26 Å². The Labute approximate surface area is 140 Å². The van der Waals surface area contributed by atoms with E-state index < -0.39 is 0 Å². The van der Waals surface area contributed by atoms with E-state index in [0.717, 1.165) is 16.2 Å². The minimum absolute atomic E-state index is 0.284. The zero-order valence-electron chi connectivity index (χ0n) is 12.7. The van der Waals surface area contributed by atoms with Gasteiger partial charge in [-0.1, -0.05) is 23.4 Å². The minimum atomic E-state index is 0.284. The van der Waals surface area contributed by atoms with Crippen molar-refractivity contribution in [2.75, 3.05) is 7.11 Å². The normalized spacial score (nSPS) is 10.9. The highest BCUT2D eigenvalue weighted by molar-refractivity contribution is 7.13. The molecule has 0 bridgehead atoms. The Morgan fingerprint density at radius 3 is 3.04 bits per heavy atom. The van der Waals surface area contributed by atoms with Gasteiger partial charge >= 0.3 is 0 Å².